The monoisotopic (exact) mass is 358 g/mol. The molecule has 1 heterocycles. The third-order valence-corrected chi connectivity index (χ3v) is 5.89. The lowest BCUT2D eigenvalue weighted by molar-refractivity contribution is -0.143. The van der Waals surface area contributed by atoms with Gasteiger partial charge < -0.3 is 14.9 Å². The number of aliphatic hydroxyl groups excluding tert-OH is 1. The van der Waals surface area contributed by atoms with Crippen LogP contribution in [-0.4, -0.2) is 21.8 Å². The second kappa shape index (κ2) is 6.98. The van der Waals surface area contributed by atoms with Crippen molar-refractivity contribution in [3.05, 3.63) is 46.5 Å². The largest absolute Gasteiger partial charge is 0.511 e. The number of fused-ring (bicyclic) bond motifs is 3. The van der Waals surface area contributed by atoms with E-state index >= 15 is 0 Å². The van der Waals surface area contributed by atoms with Crippen LogP contribution in [0.1, 0.15) is 59.8 Å². The fraction of sp³-hybridized carbons (Fsp3) is 0.591. The van der Waals surface area contributed by atoms with E-state index in [2.05, 4.69) is 26.0 Å². The summed E-state index contributed by atoms with van der Waals surface area (Å²) >= 11 is 0. The molecule has 1 fully saturated rings. The summed E-state index contributed by atoms with van der Waals surface area (Å²) in [4.78, 5) is 11.9. The summed E-state index contributed by atoms with van der Waals surface area (Å²) in [6, 6.07) is 0. The topological polar surface area (TPSA) is 66.8 Å². The molecule has 0 saturated carbocycles. The molecule has 0 aromatic heterocycles. The maximum absolute atomic E-state index is 11.9. The Hall–Kier alpha value is -1.97. The highest BCUT2D eigenvalue weighted by Crippen LogP contribution is 2.51. The van der Waals surface area contributed by atoms with Gasteiger partial charge in [0, 0.05) is 17.4 Å². The van der Waals surface area contributed by atoms with Crippen molar-refractivity contribution in [2.75, 3.05) is 0 Å². The van der Waals surface area contributed by atoms with E-state index in [9.17, 15) is 15.0 Å². The van der Waals surface area contributed by atoms with Gasteiger partial charge in [0.25, 0.3) is 0 Å². The molecule has 2 N–H and O–H groups in total. The van der Waals surface area contributed by atoms with Gasteiger partial charge in [-0.1, -0.05) is 43.9 Å². The number of hydrogen-bond donors (Lipinski definition) is 2. The molecule has 4 nitrogen and oxygen atoms in total. The molecule has 2 aliphatic carbocycles. The molecule has 3 rings (SSSR count). The fourth-order valence-electron chi connectivity index (χ4n) is 4.56. The maximum atomic E-state index is 11.9. The lowest BCUT2D eigenvalue weighted by Gasteiger charge is -2.46. The number of hydrogen-bond acceptors (Lipinski definition) is 3. The molecular formula is C22H30O4. The lowest BCUT2D eigenvalue weighted by atomic mass is 9.68. The van der Waals surface area contributed by atoms with Crippen molar-refractivity contribution in [2.45, 2.75) is 65.4 Å². The Bertz CT molecular complexity index is 720. The Balaban J connectivity index is 2.03. The van der Waals surface area contributed by atoms with E-state index in [0.29, 0.717) is 11.3 Å². The van der Waals surface area contributed by atoms with Crippen molar-refractivity contribution in [1.29, 1.82) is 0 Å². The molecule has 4 heteroatoms. The molecule has 3 aliphatic rings. The van der Waals surface area contributed by atoms with Crippen molar-refractivity contribution >= 4 is 5.97 Å². The molecule has 1 aliphatic heterocycles. The number of aliphatic hydroxyl groups is 1. The standard InChI is InChI=1S/C22H30O4/c1-5-6-7-8-14-12-17-19(20(23)18(14)21(24)25)15-11-13(2)9-10-16(15)22(3,4)26-17/h9-10,12,14-15,18,23H,5-8,11H2,1-4H3,(H,24,25). The highest BCUT2D eigenvalue weighted by atomic mass is 16.5. The first-order valence-electron chi connectivity index (χ1n) is 9.71. The number of aliphatic carboxylic acids is 1. The molecular weight excluding hydrogens is 328 g/mol. The van der Waals surface area contributed by atoms with E-state index in [1.54, 1.807) is 0 Å². The summed E-state index contributed by atoms with van der Waals surface area (Å²) in [7, 11) is 0. The van der Waals surface area contributed by atoms with E-state index < -0.39 is 17.5 Å². The Morgan fingerprint density at radius 1 is 1.31 bits per heavy atom. The van der Waals surface area contributed by atoms with Crippen LogP contribution in [0, 0.1) is 17.8 Å². The van der Waals surface area contributed by atoms with E-state index in [1.165, 1.54) is 5.57 Å². The van der Waals surface area contributed by atoms with Gasteiger partial charge in [0.05, 0.1) is 0 Å². The zero-order chi connectivity index (χ0) is 19.1. The number of carbonyl (C=O) groups is 1. The van der Waals surface area contributed by atoms with E-state index in [0.717, 1.165) is 37.7 Å². The first kappa shape index (κ1) is 18.8. The van der Waals surface area contributed by atoms with Gasteiger partial charge in [-0.3, -0.25) is 4.79 Å². The van der Waals surface area contributed by atoms with E-state index in [4.69, 9.17) is 4.74 Å². The minimum absolute atomic E-state index is 0.00222. The number of ether oxygens (including phenoxy) is 1. The van der Waals surface area contributed by atoms with Gasteiger partial charge in [-0.25, -0.2) is 0 Å². The Morgan fingerprint density at radius 3 is 2.69 bits per heavy atom. The van der Waals surface area contributed by atoms with Crippen LogP contribution in [-0.2, 0) is 9.53 Å². The summed E-state index contributed by atoms with van der Waals surface area (Å²) < 4.78 is 6.27. The van der Waals surface area contributed by atoms with Crippen LogP contribution in [0.5, 0.6) is 0 Å². The second-order valence-corrected chi connectivity index (χ2v) is 8.31. The van der Waals surface area contributed by atoms with Crippen LogP contribution >= 0.6 is 0 Å². The zero-order valence-electron chi connectivity index (χ0n) is 16.2. The smallest absolute Gasteiger partial charge is 0.314 e. The van der Waals surface area contributed by atoms with Crippen molar-refractivity contribution < 1.29 is 19.7 Å². The van der Waals surface area contributed by atoms with Gasteiger partial charge in [-0.2, -0.15) is 0 Å². The van der Waals surface area contributed by atoms with Gasteiger partial charge >= 0.3 is 5.97 Å². The van der Waals surface area contributed by atoms with Gasteiger partial charge in [0.15, 0.2) is 0 Å². The normalized spacial score (nSPS) is 29.7. The first-order chi connectivity index (χ1) is 12.3. The van der Waals surface area contributed by atoms with Crippen molar-refractivity contribution in [3.63, 3.8) is 0 Å². The van der Waals surface area contributed by atoms with Crippen molar-refractivity contribution in [2.24, 2.45) is 17.8 Å². The molecule has 0 spiro atoms. The predicted octanol–water partition coefficient (Wildman–Crippen LogP) is 5.29. The van der Waals surface area contributed by atoms with Crippen molar-refractivity contribution in [1.82, 2.24) is 0 Å². The maximum Gasteiger partial charge on any atom is 0.314 e. The minimum atomic E-state index is -0.953. The molecule has 26 heavy (non-hydrogen) atoms. The average molecular weight is 358 g/mol. The van der Waals surface area contributed by atoms with Crippen LogP contribution in [0.3, 0.4) is 0 Å². The highest BCUT2D eigenvalue weighted by Gasteiger charge is 2.47. The second-order valence-electron chi connectivity index (χ2n) is 8.31. The molecule has 0 radical (unpaired) electrons. The van der Waals surface area contributed by atoms with Crippen LogP contribution in [0.15, 0.2) is 46.5 Å². The lowest BCUT2D eigenvalue weighted by Crippen LogP contribution is -2.42. The highest BCUT2D eigenvalue weighted by molar-refractivity contribution is 5.75. The summed E-state index contributed by atoms with van der Waals surface area (Å²) in [5.41, 5.74) is 2.56. The minimum Gasteiger partial charge on any atom is -0.511 e. The van der Waals surface area contributed by atoms with Crippen LogP contribution in [0.4, 0.5) is 0 Å². The number of unbranched alkanes of at least 4 members (excludes halogenated alkanes) is 2. The summed E-state index contributed by atoms with van der Waals surface area (Å²) in [5.74, 6) is -1.37. The summed E-state index contributed by atoms with van der Waals surface area (Å²) in [5, 5.41) is 20.8. The van der Waals surface area contributed by atoms with Gasteiger partial charge in [-0.15, -0.1) is 0 Å². The quantitative estimate of drug-likeness (QED) is 0.655. The van der Waals surface area contributed by atoms with Gasteiger partial charge in [0.1, 0.15) is 23.0 Å². The van der Waals surface area contributed by atoms with Gasteiger partial charge in [-0.05, 0) is 45.3 Å². The SMILES string of the molecule is CCCCCC1C=C2OC(C)(C)C3=CC=C(C)CC3C2=C(O)C1C(=O)O. The number of rotatable bonds is 5. The molecule has 0 aromatic rings. The number of carboxylic acids is 1. The Morgan fingerprint density at radius 2 is 2.04 bits per heavy atom. The summed E-state index contributed by atoms with van der Waals surface area (Å²) in [6.07, 6.45) is 10.8. The number of carboxylic acid groups (broad SMARTS) is 1. The van der Waals surface area contributed by atoms with Crippen LogP contribution in [0.25, 0.3) is 0 Å². The molecule has 3 atom stereocenters. The van der Waals surface area contributed by atoms with Crippen molar-refractivity contribution in [3.8, 4) is 0 Å². The van der Waals surface area contributed by atoms with Crippen LogP contribution < -0.4 is 0 Å². The average Bonchev–Trinajstić information content (AvgIpc) is 2.53. The van der Waals surface area contributed by atoms with E-state index in [-0.39, 0.29) is 17.6 Å². The third-order valence-electron chi connectivity index (χ3n) is 5.89. The fourth-order valence-corrected chi connectivity index (χ4v) is 4.56. The third kappa shape index (κ3) is 3.22. The zero-order valence-corrected chi connectivity index (χ0v) is 16.2. The first-order valence-corrected chi connectivity index (χ1v) is 9.71. The summed E-state index contributed by atoms with van der Waals surface area (Å²) in [6.45, 7) is 8.29. The Labute approximate surface area is 155 Å². The molecule has 142 valence electrons. The van der Waals surface area contributed by atoms with Gasteiger partial charge in [0.2, 0.25) is 0 Å². The Kier molecular flexibility index (Phi) is 5.05. The van der Waals surface area contributed by atoms with Crippen LogP contribution in [0.2, 0.25) is 0 Å². The molecule has 0 aromatic carbocycles. The molecule has 1 saturated heterocycles. The molecule has 0 amide bonds. The molecule has 3 unspecified atom stereocenters. The molecule has 0 bridgehead atoms. The predicted molar refractivity (Wildman–Crippen MR) is 102 cm³/mol. The number of allylic oxidation sites excluding steroid dienone is 5. The van der Waals surface area contributed by atoms with E-state index in [1.807, 2.05) is 19.9 Å².